The number of benzene rings is 3. The lowest BCUT2D eigenvalue weighted by atomic mass is 9.94. The maximum absolute atomic E-state index is 13.7. The minimum absolute atomic E-state index is 0.200. The van der Waals surface area contributed by atoms with Gasteiger partial charge in [0.25, 0.3) is 5.91 Å². The van der Waals surface area contributed by atoms with Gasteiger partial charge in [-0.15, -0.1) is 0 Å². The van der Waals surface area contributed by atoms with Gasteiger partial charge in [-0.25, -0.2) is 14.8 Å². The number of anilines is 2. The lowest BCUT2D eigenvalue weighted by Crippen LogP contribution is -2.33. The summed E-state index contributed by atoms with van der Waals surface area (Å²) in [6, 6.07) is 27.7. The fraction of sp³-hybridized carbons (Fsp3) is 0.237. The normalized spacial score (nSPS) is 13.0. The second-order valence-corrected chi connectivity index (χ2v) is 13.9. The van der Waals surface area contributed by atoms with Crippen molar-refractivity contribution in [3.63, 3.8) is 0 Å². The van der Waals surface area contributed by atoms with Crippen molar-refractivity contribution in [3.05, 3.63) is 125 Å². The number of hydrogen-bond donors (Lipinski definition) is 1. The predicted octanol–water partition coefficient (Wildman–Crippen LogP) is 7.68. The van der Waals surface area contributed by atoms with Gasteiger partial charge in [0.2, 0.25) is 0 Å². The predicted molar refractivity (Wildman–Crippen MR) is 190 cm³/mol. The number of pyridine rings is 1. The molecule has 0 saturated carbocycles. The highest BCUT2D eigenvalue weighted by Crippen LogP contribution is 2.33. The molecule has 0 bridgehead atoms. The number of aromatic nitrogens is 4. The summed E-state index contributed by atoms with van der Waals surface area (Å²) < 4.78 is 8.80. The Labute approximate surface area is 283 Å². The number of ether oxygens (including phenoxy) is 1. The molecule has 7 rings (SSSR count). The van der Waals surface area contributed by atoms with Gasteiger partial charge in [-0.05, 0) is 81.1 Å². The van der Waals surface area contributed by atoms with Crippen LogP contribution in [0.3, 0.4) is 0 Å². The molecule has 0 spiro atoms. The van der Waals surface area contributed by atoms with Gasteiger partial charge in [-0.3, -0.25) is 14.8 Å². The van der Waals surface area contributed by atoms with E-state index in [0.29, 0.717) is 41.7 Å². The van der Waals surface area contributed by atoms with E-state index in [1.807, 2.05) is 99.1 Å². The number of nitrogens with one attached hydrogen (secondary N) is 1. The molecule has 3 aromatic heterocycles. The summed E-state index contributed by atoms with van der Waals surface area (Å²) in [4.78, 5) is 38.9. The monoisotopic (exact) mass is 656 g/mol. The standard InChI is InChI=1S/C38H36N6O3S/c1-24-29(21-39-44(24)22-25-11-6-5-7-12-25)27-17-18-33(41-34(27)36(46)47-38(2,3)4)43-20-19-26-13-10-14-28(30(26)23-43)35(45)42-37-40-31-15-8-9-16-32(31)48-37/h5-18,21H,19-20,22-23H2,1-4H3,(H,40,42,45). The molecule has 3 aromatic carbocycles. The molecule has 1 amide bonds. The minimum Gasteiger partial charge on any atom is -0.455 e. The number of para-hydroxylation sites is 1. The summed E-state index contributed by atoms with van der Waals surface area (Å²) >= 11 is 1.45. The van der Waals surface area contributed by atoms with Crippen LogP contribution in [0, 0.1) is 6.92 Å². The van der Waals surface area contributed by atoms with Gasteiger partial charge in [0.1, 0.15) is 11.4 Å². The SMILES string of the molecule is Cc1c(-c2ccc(N3CCc4cccc(C(=O)Nc5nc6ccccc6s5)c4C3)nc2C(=O)OC(C)(C)C)cnn1Cc1ccccc1. The van der Waals surface area contributed by atoms with Crippen LogP contribution in [0.4, 0.5) is 10.9 Å². The van der Waals surface area contributed by atoms with E-state index in [1.54, 1.807) is 6.20 Å². The average Bonchev–Trinajstić information content (AvgIpc) is 3.65. The highest BCUT2D eigenvalue weighted by molar-refractivity contribution is 7.22. The highest BCUT2D eigenvalue weighted by Gasteiger charge is 2.28. The summed E-state index contributed by atoms with van der Waals surface area (Å²) in [6.45, 7) is 9.31. The van der Waals surface area contributed by atoms with Gasteiger partial charge in [0.05, 0.1) is 23.0 Å². The molecule has 10 heteroatoms. The molecule has 0 unspecified atom stereocenters. The summed E-state index contributed by atoms with van der Waals surface area (Å²) in [5.41, 5.74) is 6.59. The molecule has 0 aliphatic carbocycles. The maximum Gasteiger partial charge on any atom is 0.358 e. The Hall–Kier alpha value is -5.35. The number of carbonyl (C=O) groups is 2. The van der Waals surface area contributed by atoms with Gasteiger partial charge >= 0.3 is 5.97 Å². The largest absolute Gasteiger partial charge is 0.455 e. The van der Waals surface area contributed by atoms with Crippen LogP contribution in [-0.2, 0) is 24.2 Å². The first-order chi connectivity index (χ1) is 23.1. The molecule has 1 aliphatic rings. The number of esters is 1. The Morgan fingerprint density at radius 1 is 0.917 bits per heavy atom. The van der Waals surface area contributed by atoms with Crippen LogP contribution in [-0.4, -0.2) is 43.8 Å². The maximum atomic E-state index is 13.7. The third-order valence-electron chi connectivity index (χ3n) is 8.40. The molecule has 6 aromatic rings. The Morgan fingerprint density at radius 2 is 1.71 bits per heavy atom. The van der Waals surface area contributed by atoms with Crippen LogP contribution < -0.4 is 10.2 Å². The molecule has 0 atom stereocenters. The van der Waals surface area contributed by atoms with Crippen molar-refractivity contribution in [1.29, 1.82) is 0 Å². The molecule has 4 heterocycles. The first-order valence-corrected chi connectivity index (χ1v) is 16.8. The van der Waals surface area contributed by atoms with E-state index in [2.05, 4.69) is 38.5 Å². The molecule has 0 fully saturated rings. The first kappa shape index (κ1) is 31.3. The summed E-state index contributed by atoms with van der Waals surface area (Å²) in [6.07, 6.45) is 2.52. The van der Waals surface area contributed by atoms with E-state index in [4.69, 9.17) is 9.72 Å². The zero-order valence-corrected chi connectivity index (χ0v) is 28.2. The van der Waals surface area contributed by atoms with Crippen LogP contribution in [0.1, 0.15) is 64.0 Å². The number of amides is 1. The second kappa shape index (κ2) is 12.7. The zero-order valence-electron chi connectivity index (χ0n) is 27.4. The topological polar surface area (TPSA) is 102 Å². The van der Waals surface area contributed by atoms with Crippen LogP contribution in [0.5, 0.6) is 0 Å². The Kier molecular flexibility index (Phi) is 8.26. The Morgan fingerprint density at radius 3 is 2.50 bits per heavy atom. The molecule has 1 N–H and O–H groups in total. The number of carbonyl (C=O) groups excluding carboxylic acids is 2. The van der Waals surface area contributed by atoms with Crippen molar-refractivity contribution in [2.24, 2.45) is 0 Å². The summed E-state index contributed by atoms with van der Waals surface area (Å²) in [7, 11) is 0. The lowest BCUT2D eigenvalue weighted by molar-refractivity contribution is 0.00638. The van der Waals surface area contributed by atoms with Crippen molar-refractivity contribution in [3.8, 4) is 11.1 Å². The second-order valence-electron chi connectivity index (χ2n) is 12.9. The smallest absolute Gasteiger partial charge is 0.358 e. The fourth-order valence-electron chi connectivity index (χ4n) is 6.03. The van der Waals surface area contributed by atoms with Crippen LogP contribution in [0.15, 0.2) is 91.1 Å². The van der Waals surface area contributed by atoms with Gasteiger partial charge in [-0.1, -0.05) is 65.9 Å². The number of nitrogens with zero attached hydrogens (tertiary/aromatic N) is 5. The molecule has 0 saturated heterocycles. The third-order valence-corrected chi connectivity index (χ3v) is 9.35. The number of rotatable bonds is 7. The van der Waals surface area contributed by atoms with Crippen molar-refractivity contribution >= 4 is 44.4 Å². The molecule has 1 aliphatic heterocycles. The molecular formula is C38H36N6O3S. The summed E-state index contributed by atoms with van der Waals surface area (Å²) in [5.74, 6) is -0.0580. The lowest BCUT2D eigenvalue weighted by Gasteiger charge is -2.31. The van der Waals surface area contributed by atoms with Crippen LogP contribution in [0.2, 0.25) is 0 Å². The van der Waals surface area contributed by atoms with Gasteiger partial charge < -0.3 is 9.64 Å². The Bertz CT molecular complexity index is 2110. The van der Waals surface area contributed by atoms with E-state index in [1.165, 1.54) is 11.3 Å². The van der Waals surface area contributed by atoms with E-state index in [9.17, 15) is 9.59 Å². The average molecular weight is 657 g/mol. The molecule has 9 nitrogen and oxygen atoms in total. The molecule has 48 heavy (non-hydrogen) atoms. The number of hydrogen-bond acceptors (Lipinski definition) is 8. The molecule has 242 valence electrons. The van der Waals surface area contributed by atoms with Crippen molar-refractivity contribution < 1.29 is 14.3 Å². The van der Waals surface area contributed by atoms with E-state index >= 15 is 0 Å². The van der Waals surface area contributed by atoms with E-state index < -0.39 is 11.6 Å². The van der Waals surface area contributed by atoms with Gasteiger partial charge in [0, 0.05) is 35.5 Å². The van der Waals surface area contributed by atoms with Crippen LogP contribution >= 0.6 is 11.3 Å². The quantitative estimate of drug-likeness (QED) is 0.176. The zero-order chi connectivity index (χ0) is 33.4. The van der Waals surface area contributed by atoms with Crippen molar-refractivity contribution in [1.82, 2.24) is 19.7 Å². The summed E-state index contributed by atoms with van der Waals surface area (Å²) in [5, 5.41) is 8.23. The number of fused-ring (bicyclic) bond motifs is 2. The van der Waals surface area contributed by atoms with E-state index in [0.717, 1.165) is 44.6 Å². The highest BCUT2D eigenvalue weighted by atomic mass is 32.1. The van der Waals surface area contributed by atoms with Crippen molar-refractivity contribution in [2.75, 3.05) is 16.8 Å². The van der Waals surface area contributed by atoms with Gasteiger partial charge in [0.15, 0.2) is 10.8 Å². The van der Waals surface area contributed by atoms with E-state index in [-0.39, 0.29) is 11.6 Å². The third kappa shape index (κ3) is 6.44. The first-order valence-electron chi connectivity index (χ1n) is 16.0. The van der Waals surface area contributed by atoms with Crippen LogP contribution in [0.25, 0.3) is 21.3 Å². The Balaban J connectivity index is 1.19. The molecular weight excluding hydrogens is 621 g/mol. The van der Waals surface area contributed by atoms with Gasteiger partial charge in [-0.2, -0.15) is 5.10 Å². The minimum atomic E-state index is -0.700. The number of thiazole rings is 1. The van der Waals surface area contributed by atoms with Crippen molar-refractivity contribution in [2.45, 2.75) is 52.8 Å². The fourth-order valence-corrected chi connectivity index (χ4v) is 6.89. The molecule has 0 radical (unpaired) electrons.